The maximum Gasteiger partial charge on any atom is 0.305 e. The molecule has 1 rings (SSSR count). The molecular formula is C17H25ClO2. The molecule has 0 aliphatic rings. The lowest BCUT2D eigenvalue weighted by Crippen LogP contribution is -2.00. The number of aryl methyl sites for hydroxylation is 1. The highest BCUT2D eigenvalue weighted by atomic mass is 35.5. The van der Waals surface area contributed by atoms with Gasteiger partial charge in [-0.2, -0.15) is 0 Å². The monoisotopic (exact) mass is 296 g/mol. The molecule has 0 radical (unpaired) electrons. The molecule has 20 heavy (non-hydrogen) atoms. The number of hydrogen-bond donors (Lipinski definition) is 0. The molecule has 0 N–H and O–H groups in total. The number of carbonyl (C=O) groups is 1. The Morgan fingerprint density at radius 3 is 2.50 bits per heavy atom. The van der Waals surface area contributed by atoms with E-state index in [9.17, 15) is 4.79 Å². The third-order valence-electron chi connectivity index (χ3n) is 3.48. The van der Waals surface area contributed by atoms with Crippen molar-refractivity contribution < 1.29 is 9.53 Å². The first-order valence-corrected chi connectivity index (χ1v) is 7.90. The van der Waals surface area contributed by atoms with Crippen molar-refractivity contribution in [2.75, 3.05) is 7.11 Å². The Balaban J connectivity index is 2.37. The Kier molecular flexibility index (Phi) is 8.36. The van der Waals surface area contributed by atoms with Crippen LogP contribution in [0.5, 0.6) is 0 Å². The van der Waals surface area contributed by atoms with Crippen molar-refractivity contribution in [3.05, 3.63) is 35.4 Å². The molecule has 0 amide bonds. The van der Waals surface area contributed by atoms with Crippen LogP contribution in [0, 0.1) is 0 Å². The number of ether oxygens (including phenoxy) is 1. The van der Waals surface area contributed by atoms with Gasteiger partial charge >= 0.3 is 5.97 Å². The van der Waals surface area contributed by atoms with Crippen LogP contribution >= 0.6 is 11.6 Å². The van der Waals surface area contributed by atoms with E-state index >= 15 is 0 Å². The van der Waals surface area contributed by atoms with E-state index in [0.717, 1.165) is 19.3 Å². The van der Waals surface area contributed by atoms with Crippen LogP contribution in [0.25, 0.3) is 0 Å². The molecular weight excluding hydrogens is 272 g/mol. The zero-order chi connectivity index (χ0) is 14.8. The highest BCUT2D eigenvalue weighted by Gasteiger charge is 2.07. The fourth-order valence-electron chi connectivity index (χ4n) is 2.17. The highest BCUT2D eigenvalue weighted by molar-refractivity contribution is 6.20. The fraction of sp³-hybridized carbons (Fsp3) is 0.588. The van der Waals surface area contributed by atoms with Crippen molar-refractivity contribution in [2.45, 2.75) is 57.2 Å². The zero-order valence-electron chi connectivity index (χ0n) is 12.5. The van der Waals surface area contributed by atoms with Gasteiger partial charge in [0.15, 0.2) is 0 Å². The highest BCUT2D eigenvalue weighted by Crippen LogP contribution is 2.26. The first-order chi connectivity index (χ1) is 9.67. The molecule has 0 bridgehead atoms. The van der Waals surface area contributed by atoms with Crippen molar-refractivity contribution in [3.63, 3.8) is 0 Å². The summed E-state index contributed by atoms with van der Waals surface area (Å²) in [6, 6.07) is 8.44. The lowest BCUT2D eigenvalue weighted by Gasteiger charge is -2.10. The molecule has 112 valence electrons. The molecule has 0 spiro atoms. The van der Waals surface area contributed by atoms with Gasteiger partial charge in [-0.05, 0) is 30.4 Å². The molecule has 3 heteroatoms. The Hall–Kier alpha value is -1.02. The summed E-state index contributed by atoms with van der Waals surface area (Å²) >= 11 is 6.40. The van der Waals surface area contributed by atoms with Crippen molar-refractivity contribution >= 4 is 17.6 Å². The number of halogens is 1. The predicted octanol–water partition coefficient (Wildman–Crippen LogP) is 5.04. The number of alkyl halides is 1. The van der Waals surface area contributed by atoms with Gasteiger partial charge in [0.25, 0.3) is 0 Å². The quantitative estimate of drug-likeness (QED) is 0.362. The number of carbonyl (C=O) groups excluding carboxylic acids is 1. The Morgan fingerprint density at radius 2 is 1.90 bits per heavy atom. The van der Waals surface area contributed by atoms with Crippen LogP contribution in [0.3, 0.4) is 0 Å². The van der Waals surface area contributed by atoms with Gasteiger partial charge in [-0.25, -0.2) is 0 Å². The minimum absolute atomic E-state index is 0.116. The molecule has 1 atom stereocenters. The van der Waals surface area contributed by atoms with Gasteiger partial charge in [-0.15, -0.1) is 11.6 Å². The molecule has 0 aromatic heterocycles. The summed E-state index contributed by atoms with van der Waals surface area (Å²) in [4.78, 5) is 11.0. The van der Waals surface area contributed by atoms with Crippen molar-refractivity contribution in [2.24, 2.45) is 0 Å². The minimum Gasteiger partial charge on any atom is -0.469 e. The lowest BCUT2D eigenvalue weighted by molar-refractivity contribution is -0.140. The van der Waals surface area contributed by atoms with E-state index in [0.29, 0.717) is 6.42 Å². The smallest absolute Gasteiger partial charge is 0.305 e. The third kappa shape index (κ3) is 6.42. The summed E-state index contributed by atoms with van der Waals surface area (Å²) in [5, 5.41) is 0.116. The van der Waals surface area contributed by atoms with E-state index in [2.05, 4.69) is 35.9 Å². The SMILES string of the molecule is CCCCCC(Cl)c1ccc(CCCC(=O)OC)cc1. The third-order valence-corrected chi connectivity index (χ3v) is 3.95. The number of unbranched alkanes of at least 4 members (excludes halogenated alkanes) is 2. The summed E-state index contributed by atoms with van der Waals surface area (Å²) < 4.78 is 4.63. The van der Waals surface area contributed by atoms with Gasteiger partial charge in [-0.3, -0.25) is 4.79 Å². The molecule has 0 aliphatic heterocycles. The number of hydrogen-bond acceptors (Lipinski definition) is 2. The lowest BCUT2D eigenvalue weighted by atomic mass is 10.0. The van der Waals surface area contributed by atoms with E-state index in [-0.39, 0.29) is 11.3 Å². The summed E-state index contributed by atoms with van der Waals surface area (Å²) in [5.41, 5.74) is 2.44. The summed E-state index contributed by atoms with van der Waals surface area (Å²) in [6.45, 7) is 2.20. The topological polar surface area (TPSA) is 26.3 Å². The maximum absolute atomic E-state index is 11.0. The first-order valence-electron chi connectivity index (χ1n) is 7.47. The average Bonchev–Trinajstić information content (AvgIpc) is 2.48. The normalized spacial score (nSPS) is 12.2. The number of esters is 1. The fourth-order valence-corrected chi connectivity index (χ4v) is 2.47. The molecule has 0 aliphatic carbocycles. The molecule has 1 aromatic carbocycles. The number of rotatable bonds is 9. The maximum atomic E-state index is 11.0. The second-order valence-electron chi connectivity index (χ2n) is 5.13. The van der Waals surface area contributed by atoms with E-state index in [1.165, 1.54) is 37.5 Å². The van der Waals surface area contributed by atoms with Gasteiger partial charge in [0, 0.05) is 6.42 Å². The minimum atomic E-state index is -0.140. The molecule has 0 saturated carbocycles. The summed E-state index contributed by atoms with van der Waals surface area (Å²) in [7, 11) is 1.43. The van der Waals surface area contributed by atoms with Crippen LogP contribution in [-0.4, -0.2) is 13.1 Å². The molecule has 1 aromatic rings. The van der Waals surface area contributed by atoms with Crippen LogP contribution < -0.4 is 0 Å². The van der Waals surface area contributed by atoms with Crippen LogP contribution in [0.15, 0.2) is 24.3 Å². The molecule has 1 unspecified atom stereocenters. The van der Waals surface area contributed by atoms with Crippen LogP contribution in [0.2, 0.25) is 0 Å². The van der Waals surface area contributed by atoms with Crippen molar-refractivity contribution in [3.8, 4) is 0 Å². The Labute approximate surface area is 127 Å². The second kappa shape index (κ2) is 9.82. The number of methoxy groups -OCH3 is 1. The van der Waals surface area contributed by atoms with E-state index < -0.39 is 0 Å². The largest absolute Gasteiger partial charge is 0.469 e. The first kappa shape index (κ1) is 17.0. The molecule has 0 heterocycles. The number of benzene rings is 1. The van der Waals surface area contributed by atoms with Crippen molar-refractivity contribution in [1.82, 2.24) is 0 Å². The van der Waals surface area contributed by atoms with E-state index in [1.807, 2.05) is 0 Å². The van der Waals surface area contributed by atoms with Gasteiger partial charge < -0.3 is 4.74 Å². The van der Waals surface area contributed by atoms with E-state index in [4.69, 9.17) is 11.6 Å². The molecule has 0 saturated heterocycles. The van der Waals surface area contributed by atoms with Crippen LogP contribution in [0.4, 0.5) is 0 Å². The van der Waals surface area contributed by atoms with Crippen molar-refractivity contribution in [1.29, 1.82) is 0 Å². The van der Waals surface area contributed by atoms with Crippen LogP contribution in [0.1, 0.15) is 62.0 Å². The average molecular weight is 297 g/mol. The molecule has 2 nitrogen and oxygen atoms in total. The Morgan fingerprint density at radius 1 is 1.20 bits per heavy atom. The predicted molar refractivity (Wildman–Crippen MR) is 84.1 cm³/mol. The molecule has 0 fully saturated rings. The summed E-state index contributed by atoms with van der Waals surface area (Å²) in [6.07, 6.45) is 6.90. The van der Waals surface area contributed by atoms with Gasteiger partial charge in [0.2, 0.25) is 0 Å². The van der Waals surface area contributed by atoms with Crippen LogP contribution in [-0.2, 0) is 16.0 Å². The van der Waals surface area contributed by atoms with Gasteiger partial charge in [0.1, 0.15) is 0 Å². The Bertz CT molecular complexity index is 386. The van der Waals surface area contributed by atoms with Gasteiger partial charge in [0.05, 0.1) is 12.5 Å². The standard InChI is InChI=1S/C17H25ClO2/c1-3-4-5-8-16(18)15-12-10-14(11-13-15)7-6-9-17(19)20-2/h10-13,16H,3-9H2,1-2H3. The summed E-state index contributed by atoms with van der Waals surface area (Å²) in [5.74, 6) is -0.140. The van der Waals surface area contributed by atoms with E-state index in [1.54, 1.807) is 0 Å². The zero-order valence-corrected chi connectivity index (χ0v) is 13.3. The second-order valence-corrected chi connectivity index (χ2v) is 5.66. The van der Waals surface area contributed by atoms with Gasteiger partial charge in [-0.1, -0.05) is 50.5 Å².